The number of aromatic nitrogens is 1. The summed E-state index contributed by atoms with van der Waals surface area (Å²) in [6.07, 6.45) is 0. The highest BCUT2D eigenvalue weighted by Gasteiger charge is 2.24. The van der Waals surface area contributed by atoms with Crippen LogP contribution in [0.15, 0.2) is 199 Å². The SMILES string of the molecule is c1ccc(-n2c3ccccc3c3c(N(c4cccc(-c5cccc6ccccc56)c4)c4cccc5oc6c7ccccc7ccc6c45)cccc32)cc1. The molecule has 0 atom stereocenters. The molecule has 0 bridgehead atoms. The summed E-state index contributed by atoms with van der Waals surface area (Å²) in [6, 6.07) is 69.7. The molecule has 2 aromatic heterocycles. The minimum atomic E-state index is 0.864. The van der Waals surface area contributed by atoms with Crippen LogP contribution in [0.2, 0.25) is 0 Å². The molecule has 2 heterocycles. The minimum Gasteiger partial charge on any atom is -0.455 e. The van der Waals surface area contributed by atoms with Crippen molar-refractivity contribution < 1.29 is 4.42 Å². The van der Waals surface area contributed by atoms with Gasteiger partial charge in [0.15, 0.2) is 0 Å². The second kappa shape index (κ2) is 11.7. The highest BCUT2D eigenvalue weighted by molar-refractivity contribution is 6.22. The molecule has 3 nitrogen and oxygen atoms in total. The van der Waals surface area contributed by atoms with Crippen LogP contribution in [0.1, 0.15) is 0 Å². The van der Waals surface area contributed by atoms with Crippen LogP contribution in [-0.2, 0) is 0 Å². The first-order chi connectivity index (χ1) is 26.3. The van der Waals surface area contributed by atoms with Crippen LogP contribution in [0.25, 0.3) is 82.1 Å². The Morgan fingerprint density at radius 2 is 1.06 bits per heavy atom. The lowest BCUT2D eigenvalue weighted by molar-refractivity contribution is 0.672. The third-order valence-corrected chi connectivity index (χ3v) is 10.7. The number of para-hydroxylation sites is 2. The minimum absolute atomic E-state index is 0.864. The first-order valence-electron chi connectivity index (χ1n) is 18.1. The Hall–Kier alpha value is -7.10. The van der Waals surface area contributed by atoms with Gasteiger partial charge in [-0.1, -0.05) is 133 Å². The molecular formula is C50H32N2O. The summed E-state index contributed by atoms with van der Waals surface area (Å²) in [5.41, 5.74) is 10.8. The van der Waals surface area contributed by atoms with Crippen LogP contribution in [0.3, 0.4) is 0 Å². The zero-order chi connectivity index (χ0) is 34.9. The molecule has 11 rings (SSSR count). The molecule has 9 aromatic carbocycles. The molecule has 11 aromatic rings. The molecular weight excluding hydrogens is 645 g/mol. The van der Waals surface area contributed by atoms with E-state index in [4.69, 9.17) is 4.42 Å². The van der Waals surface area contributed by atoms with E-state index in [1.807, 2.05) is 0 Å². The van der Waals surface area contributed by atoms with Crippen LogP contribution in [-0.4, -0.2) is 4.57 Å². The Morgan fingerprint density at radius 3 is 1.92 bits per heavy atom. The van der Waals surface area contributed by atoms with E-state index < -0.39 is 0 Å². The van der Waals surface area contributed by atoms with E-state index in [1.54, 1.807) is 0 Å². The summed E-state index contributed by atoms with van der Waals surface area (Å²) >= 11 is 0. The molecule has 0 aliphatic carbocycles. The zero-order valence-electron chi connectivity index (χ0n) is 28.8. The molecule has 0 radical (unpaired) electrons. The van der Waals surface area contributed by atoms with Gasteiger partial charge in [0.2, 0.25) is 0 Å². The van der Waals surface area contributed by atoms with Gasteiger partial charge in [0.1, 0.15) is 11.2 Å². The van der Waals surface area contributed by atoms with E-state index in [0.717, 1.165) is 55.6 Å². The van der Waals surface area contributed by atoms with Crippen LogP contribution >= 0.6 is 0 Å². The predicted molar refractivity (Wildman–Crippen MR) is 223 cm³/mol. The lowest BCUT2D eigenvalue weighted by Gasteiger charge is -2.28. The fraction of sp³-hybridized carbons (Fsp3) is 0. The number of fused-ring (bicyclic) bond motifs is 9. The Morgan fingerprint density at radius 1 is 0.415 bits per heavy atom. The lowest BCUT2D eigenvalue weighted by atomic mass is 9.97. The van der Waals surface area contributed by atoms with Crippen LogP contribution in [0, 0.1) is 0 Å². The van der Waals surface area contributed by atoms with Gasteiger partial charge in [-0.2, -0.15) is 0 Å². The second-order valence-electron chi connectivity index (χ2n) is 13.7. The Labute approximate surface area is 306 Å². The molecule has 0 amide bonds. The molecule has 0 fully saturated rings. The van der Waals surface area contributed by atoms with E-state index in [-0.39, 0.29) is 0 Å². The average Bonchev–Trinajstić information content (AvgIpc) is 3.78. The number of rotatable bonds is 5. The highest BCUT2D eigenvalue weighted by atomic mass is 16.3. The molecule has 0 N–H and O–H groups in total. The van der Waals surface area contributed by atoms with Crippen LogP contribution in [0.4, 0.5) is 17.1 Å². The quantitative estimate of drug-likeness (QED) is 0.181. The average molecular weight is 677 g/mol. The number of benzene rings is 9. The standard InChI is InChI=1S/C50H32N2O/c1-2-18-36(19-3-1)51-43-25-9-8-23-41(43)48-44(51)26-12-27-45(48)52(37-20-10-17-35(32-37)39-24-11-16-33-14-4-6-21-38(33)39)46-28-13-29-47-49(46)42-31-30-34-15-5-7-22-40(34)50(42)53-47/h1-32H. The highest BCUT2D eigenvalue weighted by Crippen LogP contribution is 2.48. The number of hydrogen-bond acceptors (Lipinski definition) is 2. The summed E-state index contributed by atoms with van der Waals surface area (Å²) in [5.74, 6) is 0. The Bertz CT molecular complexity index is 3180. The third-order valence-electron chi connectivity index (χ3n) is 10.7. The first-order valence-corrected chi connectivity index (χ1v) is 18.1. The molecule has 0 spiro atoms. The van der Waals surface area contributed by atoms with Crippen molar-refractivity contribution in [1.29, 1.82) is 0 Å². The van der Waals surface area contributed by atoms with Gasteiger partial charge in [0.25, 0.3) is 0 Å². The smallest absolute Gasteiger partial charge is 0.143 e. The molecule has 0 saturated heterocycles. The molecule has 248 valence electrons. The van der Waals surface area contributed by atoms with Gasteiger partial charge in [0, 0.05) is 32.9 Å². The predicted octanol–water partition coefficient (Wildman–Crippen LogP) is 14.1. The lowest BCUT2D eigenvalue weighted by Crippen LogP contribution is -2.11. The monoisotopic (exact) mass is 676 g/mol. The first kappa shape index (κ1) is 29.6. The molecule has 0 unspecified atom stereocenters. The second-order valence-corrected chi connectivity index (χ2v) is 13.7. The van der Waals surface area contributed by atoms with Crippen molar-refractivity contribution in [2.75, 3.05) is 4.90 Å². The maximum Gasteiger partial charge on any atom is 0.143 e. The fourth-order valence-electron chi connectivity index (χ4n) is 8.46. The van der Waals surface area contributed by atoms with Crippen LogP contribution < -0.4 is 4.90 Å². The summed E-state index contributed by atoms with van der Waals surface area (Å²) in [7, 11) is 0. The maximum absolute atomic E-state index is 6.76. The van der Waals surface area contributed by atoms with E-state index in [9.17, 15) is 0 Å². The molecule has 53 heavy (non-hydrogen) atoms. The molecule has 0 aliphatic rings. The van der Waals surface area contributed by atoms with Gasteiger partial charge in [-0.15, -0.1) is 0 Å². The van der Waals surface area contributed by atoms with Gasteiger partial charge in [-0.25, -0.2) is 0 Å². The Balaban J connectivity index is 1.25. The summed E-state index contributed by atoms with van der Waals surface area (Å²) in [6.45, 7) is 0. The number of anilines is 3. The van der Waals surface area contributed by atoms with Crippen molar-refractivity contribution >= 4 is 82.4 Å². The van der Waals surface area contributed by atoms with Crippen molar-refractivity contribution in [2.24, 2.45) is 0 Å². The Kier molecular flexibility index (Phi) is 6.55. The topological polar surface area (TPSA) is 21.3 Å². The number of nitrogens with zero attached hydrogens (tertiary/aromatic N) is 2. The van der Waals surface area contributed by atoms with Gasteiger partial charge in [0.05, 0.1) is 27.8 Å². The molecule has 0 aliphatic heterocycles. The normalized spacial score (nSPS) is 11.8. The summed E-state index contributed by atoms with van der Waals surface area (Å²) < 4.78 is 9.15. The molecule has 0 saturated carbocycles. The van der Waals surface area contributed by atoms with Gasteiger partial charge < -0.3 is 13.9 Å². The van der Waals surface area contributed by atoms with Crippen molar-refractivity contribution in [2.45, 2.75) is 0 Å². The largest absolute Gasteiger partial charge is 0.455 e. The van der Waals surface area contributed by atoms with E-state index in [2.05, 4.69) is 204 Å². The van der Waals surface area contributed by atoms with Gasteiger partial charge in [-0.3, -0.25) is 0 Å². The van der Waals surface area contributed by atoms with Crippen molar-refractivity contribution in [1.82, 2.24) is 4.57 Å². The number of furan rings is 1. The third kappa shape index (κ3) is 4.54. The summed E-state index contributed by atoms with van der Waals surface area (Å²) in [4.78, 5) is 2.45. The van der Waals surface area contributed by atoms with E-state index in [0.29, 0.717) is 0 Å². The zero-order valence-corrected chi connectivity index (χ0v) is 28.8. The van der Waals surface area contributed by atoms with Crippen molar-refractivity contribution in [3.05, 3.63) is 194 Å². The van der Waals surface area contributed by atoms with E-state index >= 15 is 0 Å². The van der Waals surface area contributed by atoms with E-state index in [1.165, 1.54) is 43.6 Å². The van der Waals surface area contributed by atoms with Crippen LogP contribution in [0.5, 0.6) is 0 Å². The van der Waals surface area contributed by atoms with Gasteiger partial charge in [-0.05, 0) is 87.9 Å². The maximum atomic E-state index is 6.76. The van der Waals surface area contributed by atoms with Gasteiger partial charge >= 0.3 is 0 Å². The fourth-order valence-corrected chi connectivity index (χ4v) is 8.46. The van der Waals surface area contributed by atoms with Crippen molar-refractivity contribution in [3.63, 3.8) is 0 Å². The van der Waals surface area contributed by atoms with Crippen molar-refractivity contribution in [3.8, 4) is 16.8 Å². The molecule has 3 heteroatoms. The summed E-state index contributed by atoms with van der Waals surface area (Å²) in [5, 5.41) is 9.33. The number of hydrogen-bond donors (Lipinski definition) is 0.